The maximum absolute atomic E-state index is 12.6. The number of fused-ring (bicyclic) bond motifs is 2. The third kappa shape index (κ3) is 2.52. The lowest BCUT2D eigenvalue weighted by Crippen LogP contribution is -2.24. The number of nitrogens with one attached hydrogen (secondary N) is 3. The first kappa shape index (κ1) is 14.8. The molecule has 0 aliphatic carbocycles. The summed E-state index contributed by atoms with van der Waals surface area (Å²) in [7, 11) is 0. The van der Waals surface area contributed by atoms with Crippen LogP contribution in [0.15, 0.2) is 18.2 Å². The molecule has 4 rings (SSSR count). The molecule has 1 aromatic carbocycles. The standard InChI is InChI=1S/C17H18N6O/c1-9-10(2)20-15-7-11(3-4-14(15)19-9)17(24)21-16-12-8-18-6-5-13(12)22-23-16/h3-4,7,18H,5-6,8H2,1-2H3,(H2,21,22,23,24). The lowest BCUT2D eigenvalue weighted by molar-refractivity contribution is 0.102. The molecule has 3 heterocycles. The number of benzene rings is 1. The van der Waals surface area contributed by atoms with Crippen LogP contribution in [0.1, 0.15) is 33.0 Å². The number of aryl methyl sites for hydroxylation is 2. The van der Waals surface area contributed by atoms with E-state index >= 15 is 0 Å². The van der Waals surface area contributed by atoms with Crippen molar-refractivity contribution in [2.24, 2.45) is 0 Å². The van der Waals surface area contributed by atoms with Gasteiger partial charge in [-0.05, 0) is 32.0 Å². The molecule has 0 radical (unpaired) electrons. The molecule has 2 aromatic heterocycles. The van der Waals surface area contributed by atoms with Crippen molar-refractivity contribution in [1.29, 1.82) is 0 Å². The molecule has 0 fully saturated rings. The van der Waals surface area contributed by atoms with E-state index in [0.29, 0.717) is 17.9 Å². The second-order valence-corrected chi connectivity index (χ2v) is 6.01. The molecule has 0 spiro atoms. The minimum absolute atomic E-state index is 0.197. The van der Waals surface area contributed by atoms with Crippen LogP contribution in [0.4, 0.5) is 5.82 Å². The number of amides is 1. The van der Waals surface area contributed by atoms with Gasteiger partial charge < -0.3 is 10.6 Å². The zero-order valence-electron chi connectivity index (χ0n) is 13.6. The highest BCUT2D eigenvalue weighted by Gasteiger charge is 2.19. The van der Waals surface area contributed by atoms with Gasteiger partial charge in [0.05, 0.1) is 22.4 Å². The second-order valence-electron chi connectivity index (χ2n) is 6.01. The fourth-order valence-corrected chi connectivity index (χ4v) is 2.88. The van der Waals surface area contributed by atoms with E-state index in [-0.39, 0.29) is 5.91 Å². The molecule has 7 nitrogen and oxygen atoms in total. The maximum Gasteiger partial charge on any atom is 0.256 e. The number of nitrogens with zero attached hydrogens (tertiary/aromatic N) is 3. The minimum Gasteiger partial charge on any atom is -0.312 e. The third-order valence-electron chi connectivity index (χ3n) is 4.38. The number of hydrogen-bond acceptors (Lipinski definition) is 5. The molecule has 0 unspecified atom stereocenters. The normalized spacial score (nSPS) is 13.8. The number of rotatable bonds is 2. The average molecular weight is 322 g/mol. The smallest absolute Gasteiger partial charge is 0.256 e. The van der Waals surface area contributed by atoms with Gasteiger partial charge in [-0.1, -0.05) is 0 Å². The summed E-state index contributed by atoms with van der Waals surface area (Å²) >= 11 is 0. The molecule has 0 saturated heterocycles. The number of carbonyl (C=O) groups is 1. The SMILES string of the molecule is Cc1nc2ccc(C(=O)Nc3n[nH]c4c3CNCC4)cc2nc1C. The zero-order valence-corrected chi connectivity index (χ0v) is 13.6. The van der Waals surface area contributed by atoms with E-state index in [1.165, 1.54) is 0 Å². The van der Waals surface area contributed by atoms with Crippen LogP contribution < -0.4 is 10.6 Å². The molecule has 3 aromatic rings. The lowest BCUT2D eigenvalue weighted by atomic mass is 10.1. The van der Waals surface area contributed by atoms with Gasteiger partial charge in [0.1, 0.15) is 0 Å². The Balaban J connectivity index is 1.63. The van der Waals surface area contributed by atoms with Gasteiger partial charge in [-0.2, -0.15) is 5.10 Å². The first-order chi connectivity index (χ1) is 11.6. The van der Waals surface area contributed by atoms with Crippen LogP contribution in [0, 0.1) is 13.8 Å². The van der Waals surface area contributed by atoms with Crippen LogP contribution in [0.25, 0.3) is 11.0 Å². The Morgan fingerprint density at radius 3 is 2.79 bits per heavy atom. The molecule has 1 aliphatic heterocycles. The monoisotopic (exact) mass is 322 g/mol. The first-order valence-corrected chi connectivity index (χ1v) is 7.95. The van der Waals surface area contributed by atoms with Crippen LogP contribution in [-0.4, -0.2) is 32.6 Å². The summed E-state index contributed by atoms with van der Waals surface area (Å²) in [5, 5.41) is 13.4. The predicted molar refractivity (Wildman–Crippen MR) is 91.0 cm³/mol. The molecule has 24 heavy (non-hydrogen) atoms. The second kappa shape index (κ2) is 5.68. The molecular weight excluding hydrogens is 304 g/mol. The topological polar surface area (TPSA) is 95.6 Å². The Morgan fingerprint density at radius 2 is 1.96 bits per heavy atom. The summed E-state index contributed by atoms with van der Waals surface area (Å²) in [6, 6.07) is 5.35. The van der Waals surface area contributed by atoms with E-state index in [9.17, 15) is 4.79 Å². The fourth-order valence-electron chi connectivity index (χ4n) is 2.88. The van der Waals surface area contributed by atoms with Crippen molar-refractivity contribution in [3.8, 4) is 0 Å². The summed E-state index contributed by atoms with van der Waals surface area (Å²) in [5.74, 6) is 0.394. The van der Waals surface area contributed by atoms with Gasteiger partial charge in [0.2, 0.25) is 0 Å². The molecule has 1 aliphatic rings. The Morgan fingerprint density at radius 1 is 1.17 bits per heavy atom. The van der Waals surface area contributed by atoms with Crippen LogP contribution in [-0.2, 0) is 13.0 Å². The predicted octanol–water partition coefficient (Wildman–Crippen LogP) is 1.87. The number of hydrogen-bond donors (Lipinski definition) is 3. The Labute approximate surface area is 138 Å². The quantitative estimate of drug-likeness (QED) is 0.669. The highest BCUT2D eigenvalue weighted by atomic mass is 16.1. The molecule has 1 amide bonds. The average Bonchev–Trinajstić information content (AvgIpc) is 2.99. The molecule has 122 valence electrons. The summed E-state index contributed by atoms with van der Waals surface area (Å²) in [5.41, 5.74) is 5.93. The van der Waals surface area contributed by atoms with Crippen molar-refractivity contribution in [2.75, 3.05) is 11.9 Å². The van der Waals surface area contributed by atoms with Gasteiger partial charge in [-0.3, -0.25) is 9.89 Å². The van der Waals surface area contributed by atoms with Gasteiger partial charge in [0.25, 0.3) is 5.91 Å². The summed E-state index contributed by atoms with van der Waals surface area (Å²) in [6.45, 7) is 5.47. The number of H-pyrrole nitrogens is 1. The van der Waals surface area contributed by atoms with Crippen molar-refractivity contribution in [1.82, 2.24) is 25.5 Å². The van der Waals surface area contributed by atoms with Crippen LogP contribution >= 0.6 is 0 Å². The van der Waals surface area contributed by atoms with Crippen LogP contribution in [0.5, 0.6) is 0 Å². The van der Waals surface area contributed by atoms with Gasteiger partial charge in [-0.25, -0.2) is 9.97 Å². The lowest BCUT2D eigenvalue weighted by Gasteiger charge is -2.13. The molecule has 0 bridgehead atoms. The number of aromatic amines is 1. The van der Waals surface area contributed by atoms with Crippen molar-refractivity contribution >= 4 is 22.8 Å². The molecular formula is C17H18N6O. The summed E-state index contributed by atoms with van der Waals surface area (Å²) in [4.78, 5) is 21.6. The van der Waals surface area contributed by atoms with Crippen molar-refractivity contribution in [3.63, 3.8) is 0 Å². The van der Waals surface area contributed by atoms with Crippen LogP contribution in [0.2, 0.25) is 0 Å². The van der Waals surface area contributed by atoms with E-state index in [4.69, 9.17) is 0 Å². The summed E-state index contributed by atoms with van der Waals surface area (Å²) in [6.07, 6.45) is 0.891. The van der Waals surface area contributed by atoms with E-state index in [1.54, 1.807) is 12.1 Å². The molecule has 0 saturated carbocycles. The highest BCUT2D eigenvalue weighted by molar-refractivity contribution is 6.05. The van der Waals surface area contributed by atoms with Gasteiger partial charge in [-0.15, -0.1) is 0 Å². The minimum atomic E-state index is -0.197. The number of carbonyl (C=O) groups excluding carboxylic acids is 1. The van der Waals surface area contributed by atoms with Crippen molar-refractivity contribution in [2.45, 2.75) is 26.8 Å². The van der Waals surface area contributed by atoms with E-state index in [2.05, 4.69) is 30.8 Å². The Bertz CT molecular complexity index is 946. The Kier molecular flexibility index (Phi) is 3.50. The van der Waals surface area contributed by atoms with Gasteiger partial charge in [0.15, 0.2) is 5.82 Å². The fraction of sp³-hybridized carbons (Fsp3) is 0.294. The largest absolute Gasteiger partial charge is 0.312 e. The molecule has 3 N–H and O–H groups in total. The maximum atomic E-state index is 12.6. The molecule has 0 atom stereocenters. The van der Waals surface area contributed by atoms with E-state index < -0.39 is 0 Å². The zero-order chi connectivity index (χ0) is 16.7. The third-order valence-corrected chi connectivity index (χ3v) is 4.38. The number of anilines is 1. The van der Waals surface area contributed by atoms with Gasteiger partial charge >= 0.3 is 0 Å². The highest BCUT2D eigenvalue weighted by Crippen LogP contribution is 2.21. The molecule has 7 heteroatoms. The van der Waals surface area contributed by atoms with Gasteiger partial charge in [0, 0.05) is 36.3 Å². The van der Waals surface area contributed by atoms with E-state index in [0.717, 1.165) is 46.6 Å². The number of aromatic nitrogens is 4. The van der Waals surface area contributed by atoms with Crippen molar-refractivity contribution in [3.05, 3.63) is 46.4 Å². The summed E-state index contributed by atoms with van der Waals surface area (Å²) < 4.78 is 0. The van der Waals surface area contributed by atoms with Crippen molar-refractivity contribution < 1.29 is 4.79 Å². The Hall–Kier alpha value is -2.80. The first-order valence-electron chi connectivity index (χ1n) is 7.95. The van der Waals surface area contributed by atoms with Crippen LogP contribution in [0.3, 0.4) is 0 Å². The van der Waals surface area contributed by atoms with E-state index in [1.807, 2.05) is 19.9 Å².